The summed E-state index contributed by atoms with van der Waals surface area (Å²) in [5.41, 5.74) is 4.61. The smallest absolute Gasteiger partial charge is 0.273 e. The predicted molar refractivity (Wildman–Crippen MR) is 135 cm³/mol. The van der Waals surface area contributed by atoms with Gasteiger partial charge < -0.3 is 14.4 Å². The molecule has 2 unspecified atom stereocenters. The monoisotopic (exact) mass is 468 g/mol. The maximum absolute atomic E-state index is 11.5. The van der Waals surface area contributed by atoms with Gasteiger partial charge in [-0.05, 0) is 48.2 Å². The highest BCUT2D eigenvalue weighted by atomic mass is 32.2. The van der Waals surface area contributed by atoms with Gasteiger partial charge in [-0.3, -0.25) is 10.1 Å². The van der Waals surface area contributed by atoms with Crippen LogP contribution in [0.2, 0.25) is 0 Å². The molecule has 0 saturated heterocycles. The Hall–Kier alpha value is -2.67. The van der Waals surface area contributed by atoms with Crippen LogP contribution < -0.4 is 14.4 Å². The van der Waals surface area contributed by atoms with Gasteiger partial charge in [0.15, 0.2) is 0 Å². The number of benzene rings is 2. The van der Waals surface area contributed by atoms with Gasteiger partial charge >= 0.3 is 0 Å². The third-order valence-corrected chi connectivity index (χ3v) is 8.76. The van der Waals surface area contributed by atoms with E-state index < -0.39 is 0 Å². The number of rotatable bonds is 8. The number of unbranched alkanes of at least 4 members (excludes halogenated alkanes) is 3. The highest BCUT2D eigenvalue weighted by Gasteiger charge is 2.53. The van der Waals surface area contributed by atoms with E-state index in [1.54, 1.807) is 32.0 Å². The summed E-state index contributed by atoms with van der Waals surface area (Å²) in [6.07, 6.45) is 6.86. The van der Waals surface area contributed by atoms with E-state index in [0.717, 1.165) is 29.2 Å². The molecule has 2 aliphatic heterocycles. The molecule has 176 valence electrons. The van der Waals surface area contributed by atoms with Crippen LogP contribution in [0.5, 0.6) is 11.5 Å². The summed E-state index contributed by atoms with van der Waals surface area (Å²) in [6.45, 7) is 7.61. The summed E-state index contributed by atoms with van der Waals surface area (Å²) in [5, 5.41) is 11.5. The zero-order chi connectivity index (χ0) is 23.8. The van der Waals surface area contributed by atoms with E-state index in [4.69, 9.17) is 9.47 Å². The molecule has 0 radical (unpaired) electrons. The summed E-state index contributed by atoms with van der Waals surface area (Å²) in [5.74, 6) is 1.61. The molecule has 0 N–H and O–H groups in total. The second-order valence-corrected chi connectivity index (χ2v) is 10.0. The maximum atomic E-state index is 11.5. The number of methoxy groups -OCH3 is 2. The third-order valence-electron chi connectivity index (χ3n) is 6.91. The minimum absolute atomic E-state index is 0.0510. The first-order valence-electron chi connectivity index (χ1n) is 11.6. The minimum Gasteiger partial charge on any atom is -0.497 e. The number of nitrogens with zero attached hydrogens (tertiary/aromatic N) is 2. The number of ether oxygens (including phenoxy) is 2. The summed E-state index contributed by atoms with van der Waals surface area (Å²) in [7, 11) is 3.28. The van der Waals surface area contributed by atoms with Crippen LogP contribution >= 0.6 is 11.8 Å². The molecular formula is C26H32N2O4S. The van der Waals surface area contributed by atoms with Gasteiger partial charge in [0.1, 0.15) is 16.4 Å². The first-order valence-corrected chi connectivity index (χ1v) is 12.4. The van der Waals surface area contributed by atoms with Crippen LogP contribution in [0.15, 0.2) is 40.8 Å². The lowest BCUT2D eigenvalue weighted by Crippen LogP contribution is -2.48. The molecule has 7 heteroatoms. The number of nitro groups is 1. The van der Waals surface area contributed by atoms with Crippen molar-refractivity contribution in [1.82, 2.24) is 0 Å². The first-order chi connectivity index (χ1) is 15.9. The van der Waals surface area contributed by atoms with Crippen molar-refractivity contribution in [3.8, 4) is 11.5 Å². The fourth-order valence-corrected chi connectivity index (χ4v) is 6.82. The second kappa shape index (κ2) is 9.29. The van der Waals surface area contributed by atoms with Gasteiger partial charge in [-0.25, -0.2) is 0 Å². The lowest BCUT2D eigenvalue weighted by molar-refractivity contribution is -0.385. The van der Waals surface area contributed by atoms with Gasteiger partial charge in [0, 0.05) is 24.2 Å². The highest BCUT2D eigenvalue weighted by Crippen LogP contribution is 2.62. The number of anilines is 1. The Kier molecular flexibility index (Phi) is 6.61. The van der Waals surface area contributed by atoms with E-state index in [1.807, 2.05) is 6.07 Å². The number of non-ortho nitro benzene ring substituents is 1. The SMILES string of the molecule is CCCCCCN1c2ccc(OC)cc2C(C)C12Sc1c(cc([N+](=O)[O-])cc1OC)C=C2C. The van der Waals surface area contributed by atoms with Crippen LogP contribution in [0.4, 0.5) is 11.4 Å². The summed E-state index contributed by atoms with van der Waals surface area (Å²) < 4.78 is 11.2. The summed E-state index contributed by atoms with van der Waals surface area (Å²) >= 11 is 1.77. The molecule has 1 spiro atoms. The lowest BCUT2D eigenvalue weighted by atomic mass is 9.89. The molecule has 0 saturated carbocycles. The largest absolute Gasteiger partial charge is 0.497 e. The lowest BCUT2D eigenvalue weighted by Gasteiger charge is -2.46. The van der Waals surface area contributed by atoms with E-state index in [0.29, 0.717) is 5.75 Å². The van der Waals surface area contributed by atoms with Crippen molar-refractivity contribution in [3.05, 3.63) is 57.1 Å². The van der Waals surface area contributed by atoms with E-state index in [1.165, 1.54) is 42.2 Å². The van der Waals surface area contributed by atoms with Gasteiger partial charge in [0.05, 0.1) is 30.1 Å². The van der Waals surface area contributed by atoms with Crippen LogP contribution in [0.25, 0.3) is 6.08 Å². The predicted octanol–water partition coefficient (Wildman–Crippen LogP) is 7.02. The van der Waals surface area contributed by atoms with Crippen LogP contribution in [0.1, 0.15) is 63.5 Å². The van der Waals surface area contributed by atoms with Crippen molar-refractivity contribution >= 4 is 29.2 Å². The molecule has 2 atom stereocenters. The van der Waals surface area contributed by atoms with E-state index in [-0.39, 0.29) is 21.4 Å². The Labute approximate surface area is 200 Å². The van der Waals surface area contributed by atoms with E-state index in [9.17, 15) is 10.1 Å². The highest BCUT2D eigenvalue weighted by molar-refractivity contribution is 8.01. The molecule has 0 bridgehead atoms. The Bertz CT molecular complexity index is 1100. The van der Waals surface area contributed by atoms with Crippen LogP contribution in [-0.2, 0) is 0 Å². The van der Waals surface area contributed by atoms with Gasteiger partial charge in [-0.1, -0.05) is 50.9 Å². The van der Waals surface area contributed by atoms with Crippen molar-refractivity contribution in [3.63, 3.8) is 0 Å². The summed E-state index contributed by atoms with van der Waals surface area (Å²) in [4.78, 5) is 14.3. The normalized spacial score (nSPS) is 20.9. The molecule has 0 amide bonds. The molecule has 2 aliphatic rings. The van der Waals surface area contributed by atoms with Crippen molar-refractivity contribution in [1.29, 1.82) is 0 Å². The Morgan fingerprint density at radius 3 is 2.61 bits per heavy atom. The molecule has 0 fully saturated rings. The second-order valence-electron chi connectivity index (χ2n) is 8.81. The van der Waals surface area contributed by atoms with Crippen molar-refractivity contribution in [2.45, 2.75) is 62.1 Å². The number of fused-ring (bicyclic) bond motifs is 2. The van der Waals surface area contributed by atoms with Crippen molar-refractivity contribution < 1.29 is 14.4 Å². The molecule has 33 heavy (non-hydrogen) atoms. The number of hydrogen-bond acceptors (Lipinski definition) is 6. The molecule has 2 aromatic carbocycles. The number of thioether (sulfide) groups is 1. The van der Waals surface area contributed by atoms with E-state index >= 15 is 0 Å². The quantitative estimate of drug-likeness (QED) is 0.236. The third kappa shape index (κ3) is 3.86. The Morgan fingerprint density at radius 1 is 1.15 bits per heavy atom. The van der Waals surface area contributed by atoms with E-state index in [2.05, 4.69) is 43.9 Å². The van der Waals surface area contributed by atoms with Crippen molar-refractivity contribution in [2.24, 2.45) is 0 Å². The Balaban J connectivity index is 1.84. The van der Waals surface area contributed by atoms with Crippen molar-refractivity contribution in [2.75, 3.05) is 25.7 Å². The van der Waals surface area contributed by atoms with Gasteiger partial charge in [0.25, 0.3) is 5.69 Å². The summed E-state index contributed by atoms with van der Waals surface area (Å²) in [6, 6.07) is 9.56. The fourth-order valence-electron chi connectivity index (χ4n) is 5.21. The molecular weight excluding hydrogens is 436 g/mol. The molecule has 0 aliphatic carbocycles. The molecule has 4 rings (SSSR count). The topological polar surface area (TPSA) is 64.8 Å². The number of nitro benzene ring substituents is 1. The molecule has 6 nitrogen and oxygen atoms in total. The standard InChI is InChI=1S/C26H32N2O4S/c1-6-7-8-9-12-27-23-11-10-21(31-4)16-22(23)18(3)26(27)17(2)13-19-14-20(28(29)30)15-24(32-5)25(19)33-26/h10-11,13-16,18H,6-9,12H2,1-5H3. The molecule has 2 heterocycles. The van der Waals surface area contributed by atoms with Crippen LogP contribution in [0, 0.1) is 10.1 Å². The van der Waals surface area contributed by atoms with Gasteiger partial charge in [-0.2, -0.15) is 0 Å². The van der Waals surface area contributed by atoms with Crippen LogP contribution in [-0.4, -0.2) is 30.6 Å². The van der Waals surface area contributed by atoms with Gasteiger partial charge in [0.2, 0.25) is 0 Å². The maximum Gasteiger partial charge on any atom is 0.273 e. The fraction of sp³-hybridized carbons (Fsp3) is 0.462. The molecule has 2 aromatic rings. The average molecular weight is 469 g/mol. The average Bonchev–Trinajstić information content (AvgIpc) is 3.04. The van der Waals surface area contributed by atoms with Gasteiger partial charge in [-0.15, -0.1) is 0 Å². The minimum atomic E-state index is -0.360. The molecule has 0 aromatic heterocycles. The zero-order valence-electron chi connectivity index (χ0n) is 20.0. The Morgan fingerprint density at radius 2 is 1.94 bits per heavy atom. The van der Waals surface area contributed by atoms with Crippen LogP contribution in [0.3, 0.4) is 0 Å². The first kappa shape index (κ1) is 23.5. The number of hydrogen-bond donors (Lipinski definition) is 0. The zero-order valence-corrected chi connectivity index (χ0v) is 20.8.